The van der Waals surface area contributed by atoms with E-state index in [1.165, 1.54) is 43.4 Å². The van der Waals surface area contributed by atoms with Crippen LogP contribution in [0.25, 0.3) is 10.2 Å². The van der Waals surface area contributed by atoms with E-state index in [-0.39, 0.29) is 23.9 Å². The van der Waals surface area contributed by atoms with Crippen LogP contribution in [0.2, 0.25) is 0 Å². The van der Waals surface area contributed by atoms with Gasteiger partial charge in [0.05, 0.1) is 28.7 Å². The Morgan fingerprint density at radius 1 is 1.29 bits per heavy atom. The molecule has 0 unspecified atom stereocenters. The summed E-state index contributed by atoms with van der Waals surface area (Å²) in [5.74, 6) is -0.0933. The van der Waals surface area contributed by atoms with Crippen molar-refractivity contribution >= 4 is 33.4 Å². The minimum atomic E-state index is -0.291. The Morgan fingerprint density at radius 2 is 2.04 bits per heavy atom. The molecule has 28 heavy (non-hydrogen) atoms. The summed E-state index contributed by atoms with van der Waals surface area (Å²) in [6, 6.07) is 2.43. The summed E-state index contributed by atoms with van der Waals surface area (Å²) in [6.45, 7) is 2.80. The molecule has 0 aliphatic heterocycles. The molecule has 2 amide bonds. The lowest BCUT2D eigenvalue weighted by atomic mass is 9.96. The van der Waals surface area contributed by atoms with E-state index in [1.54, 1.807) is 7.05 Å². The molecule has 3 N–H and O–H groups in total. The van der Waals surface area contributed by atoms with E-state index in [0.717, 1.165) is 33.6 Å². The fraction of sp³-hybridized carbons (Fsp3) is 0.650. The number of likely N-dealkylation sites (N-methyl/N-ethyl adjacent to an activating group) is 1. The number of thiophene rings is 1. The molecule has 152 valence electrons. The number of aryl methyl sites for hydroxylation is 1. The molecule has 0 atom stereocenters. The number of rotatable bonds is 7. The van der Waals surface area contributed by atoms with Gasteiger partial charge in [-0.15, -0.1) is 11.3 Å². The number of aromatic nitrogens is 2. The molecule has 2 aromatic heterocycles. The second-order valence-corrected chi connectivity index (χ2v) is 9.22. The predicted octanol–water partition coefficient (Wildman–Crippen LogP) is 2.51. The summed E-state index contributed by atoms with van der Waals surface area (Å²) < 4.78 is 2.16. The zero-order chi connectivity index (χ0) is 19.7. The number of hydrogen-bond donors (Lipinski definition) is 3. The summed E-state index contributed by atoms with van der Waals surface area (Å²) in [7, 11) is 1.74. The fourth-order valence-electron chi connectivity index (χ4n) is 4.05. The minimum Gasteiger partial charge on any atom is -0.353 e. The van der Waals surface area contributed by atoms with Crippen LogP contribution < -0.4 is 16.0 Å². The molecular formula is C20H29N5O2S. The van der Waals surface area contributed by atoms with Gasteiger partial charge in [-0.25, -0.2) is 0 Å². The number of nitrogens with zero attached hydrogens (tertiary/aromatic N) is 2. The van der Waals surface area contributed by atoms with Crippen molar-refractivity contribution in [2.24, 2.45) is 0 Å². The average Bonchev–Trinajstić information content (AvgIpc) is 3.18. The topological polar surface area (TPSA) is 88.1 Å². The highest BCUT2D eigenvalue weighted by molar-refractivity contribution is 7.20. The van der Waals surface area contributed by atoms with Gasteiger partial charge in [-0.05, 0) is 45.7 Å². The Balaban J connectivity index is 1.47. The second-order valence-electron chi connectivity index (χ2n) is 8.19. The minimum absolute atomic E-state index is 0.0452. The lowest BCUT2D eigenvalue weighted by molar-refractivity contribution is -0.120. The highest BCUT2D eigenvalue weighted by atomic mass is 32.1. The monoisotopic (exact) mass is 403 g/mol. The predicted molar refractivity (Wildman–Crippen MR) is 111 cm³/mol. The fourth-order valence-corrected chi connectivity index (χ4v) is 5.18. The van der Waals surface area contributed by atoms with Gasteiger partial charge in [0.2, 0.25) is 5.91 Å². The Morgan fingerprint density at radius 3 is 2.71 bits per heavy atom. The highest BCUT2D eigenvalue weighted by Gasteiger charge is 2.44. The van der Waals surface area contributed by atoms with Crippen LogP contribution >= 0.6 is 11.3 Å². The van der Waals surface area contributed by atoms with Gasteiger partial charge >= 0.3 is 0 Å². The molecule has 0 radical (unpaired) electrons. The van der Waals surface area contributed by atoms with E-state index in [0.29, 0.717) is 12.6 Å². The van der Waals surface area contributed by atoms with Crippen LogP contribution in [0, 0.1) is 6.92 Å². The van der Waals surface area contributed by atoms with Crippen molar-refractivity contribution < 1.29 is 9.59 Å². The molecule has 2 fully saturated rings. The first kappa shape index (κ1) is 19.4. The van der Waals surface area contributed by atoms with Crippen molar-refractivity contribution in [1.82, 2.24) is 25.7 Å². The standard InChI is InChI=1S/C20H29N5O2S/c1-13-15-10-16(28-19(15)25(24-13)14-6-4-3-5-7-14)18(27)23-20(8-9-20)12-22-17(26)11-21-2/h10,14,21H,3-9,11-12H2,1-2H3,(H,22,26)(H,23,27). The van der Waals surface area contributed by atoms with Crippen LogP contribution in [0.5, 0.6) is 0 Å². The number of amides is 2. The van der Waals surface area contributed by atoms with Gasteiger partial charge < -0.3 is 16.0 Å². The Hall–Kier alpha value is -1.93. The van der Waals surface area contributed by atoms with Crippen molar-refractivity contribution in [3.8, 4) is 0 Å². The van der Waals surface area contributed by atoms with Gasteiger partial charge in [-0.3, -0.25) is 14.3 Å². The summed E-state index contributed by atoms with van der Waals surface area (Å²) in [4.78, 5) is 26.4. The van der Waals surface area contributed by atoms with Crippen LogP contribution in [-0.4, -0.2) is 47.3 Å². The number of carbonyl (C=O) groups is 2. The first-order valence-electron chi connectivity index (χ1n) is 10.2. The Kier molecular flexibility index (Phi) is 5.42. The smallest absolute Gasteiger partial charge is 0.261 e. The zero-order valence-electron chi connectivity index (χ0n) is 16.6. The normalized spacial score (nSPS) is 18.9. The molecule has 2 heterocycles. The maximum Gasteiger partial charge on any atom is 0.261 e. The molecule has 0 saturated heterocycles. The van der Waals surface area contributed by atoms with Crippen molar-refractivity contribution in [2.45, 2.75) is 63.5 Å². The van der Waals surface area contributed by atoms with Crippen molar-refractivity contribution in [1.29, 1.82) is 0 Å². The van der Waals surface area contributed by atoms with Gasteiger partial charge in [0, 0.05) is 11.9 Å². The maximum absolute atomic E-state index is 12.9. The van der Waals surface area contributed by atoms with E-state index in [4.69, 9.17) is 5.10 Å². The third-order valence-corrected chi connectivity index (χ3v) is 7.03. The molecule has 0 spiro atoms. The molecule has 7 nitrogen and oxygen atoms in total. The molecule has 2 aromatic rings. The first-order valence-corrected chi connectivity index (χ1v) is 11.1. The Bertz CT molecular complexity index is 877. The molecule has 0 bridgehead atoms. The van der Waals surface area contributed by atoms with Gasteiger partial charge in [0.15, 0.2) is 0 Å². The zero-order valence-corrected chi connectivity index (χ0v) is 17.5. The van der Waals surface area contributed by atoms with E-state index >= 15 is 0 Å². The molecule has 2 aliphatic carbocycles. The molecule has 2 saturated carbocycles. The molecular weight excluding hydrogens is 374 g/mol. The van der Waals surface area contributed by atoms with Crippen LogP contribution in [-0.2, 0) is 4.79 Å². The van der Waals surface area contributed by atoms with E-state index in [2.05, 4.69) is 20.6 Å². The van der Waals surface area contributed by atoms with Crippen LogP contribution in [0.4, 0.5) is 0 Å². The molecule has 0 aromatic carbocycles. The summed E-state index contributed by atoms with van der Waals surface area (Å²) in [6.07, 6.45) is 7.97. The Labute approximate surface area is 169 Å². The second kappa shape index (κ2) is 7.83. The number of hydrogen-bond acceptors (Lipinski definition) is 5. The van der Waals surface area contributed by atoms with E-state index in [9.17, 15) is 9.59 Å². The first-order chi connectivity index (χ1) is 13.5. The van der Waals surface area contributed by atoms with E-state index < -0.39 is 0 Å². The van der Waals surface area contributed by atoms with Crippen LogP contribution in [0.3, 0.4) is 0 Å². The third-order valence-electron chi connectivity index (χ3n) is 5.91. The van der Waals surface area contributed by atoms with Crippen molar-refractivity contribution in [2.75, 3.05) is 20.1 Å². The lowest BCUT2D eigenvalue weighted by Crippen LogP contribution is -2.47. The molecule has 4 rings (SSSR count). The van der Waals surface area contributed by atoms with E-state index in [1.807, 2.05) is 13.0 Å². The van der Waals surface area contributed by atoms with Gasteiger partial charge in [0.1, 0.15) is 4.83 Å². The molecule has 8 heteroatoms. The largest absolute Gasteiger partial charge is 0.353 e. The summed E-state index contributed by atoms with van der Waals surface area (Å²) in [5.41, 5.74) is 0.706. The van der Waals surface area contributed by atoms with Gasteiger partial charge in [0.25, 0.3) is 5.91 Å². The molecule has 2 aliphatic rings. The summed E-state index contributed by atoms with van der Waals surface area (Å²) in [5, 5.41) is 14.8. The maximum atomic E-state index is 12.9. The third kappa shape index (κ3) is 3.93. The van der Waals surface area contributed by atoms with Gasteiger partial charge in [-0.1, -0.05) is 19.3 Å². The lowest BCUT2D eigenvalue weighted by Gasteiger charge is -2.22. The SMILES string of the molecule is CNCC(=O)NCC1(NC(=O)c2cc3c(C)nn(C4CCCCC4)c3s2)CC1. The number of nitrogens with one attached hydrogen (secondary N) is 3. The van der Waals surface area contributed by atoms with Gasteiger partial charge in [-0.2, -0.15) is 5.10 Å². The average molecular weight is 404 g/mol. The quantitative estimate of drug-likeness (QED) is 0.663. The van der Waals surface area contributed by atoms with Crippen LogP contribution in [0.15, 0.2) is 6.07 Å². The van der Waals surface area contributed by atoms with Crippen molar-refractivity contribution in [3.05, 3.63) is 16.6 Å². The van der Waals surface area contributed by atoms with Crippen LogP contribution in [0.1, 0.15) is 66.4 Å². The van der Waals surface area contributed by atoms with Crippen molar-refractivity contribution in [3.63, 3.8) is 0 Å². The number of fused-ring (bicyclic) bond motifs is 1. The summed E-state index contributed by atoms with van der Waals surface area (Å²) >= 11 is 1.54. The number of carbonyl (C=O) groups excluding carboxylic acids is 2. The highest BCUT2D eigenvalue weighted by Crippen LogP contribution is 2.37.